The van der Waals surface area contributed by atoms with Crippen LogP contribution in [0, 0.1) is 0 Å². The molecule has 0 aliphatic carbocycles. The number of ether oxygens (including phenoxy) is 1. The van der Waals surface area contributed by atoms with Gasteiger partial charge in [-0.1, -0.05) is 6.07 Å². The number of aromatic nitrogens is 3. The predicted octanol–water partition coefficient (Wildman–Crippen LogP) is 1.81. The van der Waals surface area contributed by atoms with Gasteiger partial charge in [-0.2, -0.15) is 8.78 Å². The summed E-state index contributed by atoms with van der Waals surface area (Å²) < 4.78 is 31.6. The van der Waals surface area contributed by atoms with Crippen molar-refractivity contribution in [3.63, 3.8) is 0 Å². The molecule has 3 amide bonds. The van der Waals surface area contributed by atoms with Gasteiger partial charge in [0.1, 0.15) is 17.6 Å². The zero-order valence-electron chi connectivity index (χ0n) is 16.1. The van der Waals surface area contributed by atoms with E-state index in [1.165, 1.54) is 6.20 Å². The zero-order valence-corrected chi connectivity index (χ0v) is 16.1. The summed E-state index contributed by atoms with van der Waals surface area (Å²) >= 11 is 0. The molecule has 1 aromatic carbocycles. The standard InChI is InChI=1S/C19H16F2N6O4/c1-19(20,21)18(30)27-11-6-22-15-14(11)24-8-25-16(15)17(29)23-5-9-2-3-12-10(4-9)26-13(28)7-31-12/h2-4,6,8,22H,5,7H2,1H3,(H,23,29)(H,26,28)(H,27,30). The van der Waals surface area contributed by atoms with Gasteiger partial charge in [-0.05, 0) is 17.7 Å². The third kappa shape index (κ3) is 4.13. The van der Waals surface area contributed by atoms with Crippen molar-refractivity contribution in [2.24, 2.45) is 0 Å². The molecule has 10 nitrogen and oxygen atoms in total. The van der Waals surface area contributed by atoms with Crippen molar-refractivity contribution < 1.29 is 27.9 Å². The van der Waals surface area contributed by atoms with Crippen LogP contribution in [0.4, 0.5) is 20.2 Å². The fourth-order valence-corrected chi connectivity index (χ4v) is 2.95. The van der Waals surface area contributed by atoms with Gasteiger partial charge in [-0.25, -0.2) is 9.97 Å². The van der Waals surface area contributed by atoms with Crippen molar-refractivity contribution in [3.05, 3.63) is 42.0 Å². The largest absolute Gasteiger partial charge is 0.482 e. The smallest absolute Gasteiger partial charge is 0.322 e. The molecule has 0 saturated heterocycles. The minimum absolute atomic E-state index is 0.00315. The molecule has 31 heavy (non-hydrogen) atoms. The second kappa shape index (κ2) is 7.63. The van der Waals surface area contributed by atoms with Gasteiger partial charge in [0, 0.05) is 19.7 Å². The van der Waals surface area contributed by atoms with Gasteiger partial charge in [-0.15, -0.1) is 0 Å². The Kier molecular flexibility index (Phi) is 4.97. The number of hydrogen-bond donors (Lipinski definition) is 4. The Balaban J connectivity index is 1.50. The Bertz CT molecular complexity index is 1200. The minimum atomic E-state index is -3.57. The fraction of sp³-hybridized carbons (Fsp3) is 0.211. The maximum atomic E-state index is 13.2. The lowest BCUT2D eigenvalue weighted by molar-refractivity contribution is -0.137. The molecular formula is C19H16F2N6O4. The van der Waals surface area contributed by atoms with E-state index in [9.17, 15) is 23.2 Å². The third-order valence-corrected chi connectivity index (χ3v) is 4.46. The summed E-state index contributed by atoms with van der Waals surface area (Å²) in [6.45, 7) is 0.546. The maximum absolute atomic E-state index is 13.2. The van der Waals surface area contributed by atoms with E-state index in [1.807, 2.05) is 0 Å². The van der Waals surface area contributed by atoms with Gasteiger partial charge in [0.2, 0.25) is 0 Å². The van der Waals surface area contributed by atoms with E-state index in [0.717, 1.165) is 6.33 Å². The molecule has 0 saturated carbocycles. The topological polar surface area (TPSA) is 138 Å². The van der Waals surface area contributed by atoms with Crippen molar-refractivity contribution in [1.82, 2.24) is 20.3 Å². The van der Waals surface area contributed by atoms with E-state index in [4.69, 9.17) is 4.74 Å². The molecule has 4 N–H and O–H groups in total. The van der Waals surface area contributed by atoms with E-state index >= 15 is 0 Å². The molecule has 0 bridgehead atoms. The summed E-state index contributed by atoms with van der Waals surface area (Å²) in [6.07, 6.45) is 2.35. The monoisotopic (exact) mass is 430 g/mol. The molecule has 1 aliphatic rings. The molecule has 0 spiro atoms. The summed E-state index contributed by atoms with van der Waals surface area (Å²) in [5, 5.41) is 7.45. The Morgan fingerprint density at radius 3 is 2.87 bits per heavy atom. The SMILES string of the molecule is CC(F)(F)C(=O)Nc1c[nH]c2c(C(=O)NCc3ccc4c(c3)NC(=O)CO4)ncnc12. The number of nitrogens with zero attached hydrogens (tertiary/aromatic N) is 2. The van der Waals surface area contributed by atoms with Crippen LogP contribution in [-0.2, 0) is 16.1 Å². The number of halogens is 2. The number of benzene rings is 1. The number of carbonyl (C=O) groups is 3. The highest BCUT2D eigenvalue weighted by Crippen LogP contribution is 2.28. The highest BCUT2D eigenvalue weighted by atomic mass is 19.3. The van der Waals surface area contributed by atoms with Crippen molar-refractivity contribution in [3.8, 4) is 5.75 Å². The molecule has 12 heteroatoms. The number of alkyl halides is 2. The Morgan fingerprint density at radius 2 is 2.10 bits per heavy atom. The highest BCUT2D eigenvalue weighted by Gasteiger charge is 2.33. The number of rotatable bonds is 5. The van der Waals surface area contributed by atoms with E-state index in [0.29, 0.717) is 23.9 Å². The van der Waals surface area contributed by atoms with Crippen LogP contribution in [0.5, 0.6) is 5.75 Å². The van der Waals surface area contributed by atoms with Crippen LogP contribution in [0.2, 0.25) is 0 Å². The second-order valence-electron chi connectivity index (χ2n) is 6.84. The summed E-state index contributed by atoms with van der Waals surface area (Å²) in [6, 6.07) is 5.09. The lowest BCUT2D eigenvalue weighted by Gasteiger charge is -2.18. The lowest BCUT2D eigenvalue weighted by Crippen LogP contribution is -2.31. The van der Waals surface area contributed by atoms with Crippen LogP contribution in [0.15, 0.2) is 30.7 Å². The number of carbonyl (C=O) groups excluding carboxylic acids is 3. The Hall–Kier alpha value is -4.09. The molecule has 4 rings (SSSR count). The Labute approximate surface area is 173 Å². The third-order valence-electron chi connectivity index (χ3n) is 4.46. The molecule has 160 valence electrons. The second-order valence-corrected chi connectivity index (χ2v) is 6.84. The summed E-state index contributed by atoms with van der Waals surface area (Å²) in [5.74, 6) is -5.36. The molecule has 1 aliphatic heterocycles. The maximum Gasteiger partial charge on any atom is 0.322 e. The van der Waals surface area contributed by atoms with Crippen molar-refractivity contribution in [1.29, 1.82) is 0 Å². The molecule has 0 radical (unpaired) electrons. The number of hydrogen-bond acceptors (Lipinski definition) is 6. The molecule has 2 aromatic heterocycles. The van der Waals surface area contributed by atoms with Crippen LogP contribution in [0.25, 0.3) is 11.0 Å². The van der Waals surface area contributed by atoms with Gasteiger partial charge in [-0.3, -0.25) is 14.4 Å². The average molecular weight is 430 g/mol. The first kappa shape index (κ1) is 20.2. The van der Waals surface area contributed by atoms with Crippen molar-refractivity contribution in [2.45, 2.75) is 19.4 Å². The normalized spacial score (nSPS) is 13.2. The van der Waals surface area contributed by atoms with Crippen LogP contribution >= 0.6 is 0 Å². The molecule has 3 heterocycles. The summed E-state index contributed by atoms with van der Waals surface area (Å²) in [5.41, 5.74) is 1.48. The first-order valence-electron chi connectivity index (χ1n) is 9.07. The van der Waals surface area contributed by atoms with E-state index in [2.05, 4.69) is 30.9 Å². The molecule has 0 atom stereocenters. The first-order chi connectivity index (χ1) is 14.7. The first-order valence-corrected chi connectivity index (χ1v) is 9.07. The fourth-order valence-electron chi connectivity index (χ4n) is 2.95. The van der Waals surface area contributed by atoms with E-state index in [1.54, 1.807) is 18.2 Å². The van der Waals surface area contributed by atoms with Gasteiger partial charge in [0.15, 0.2) is 12.3 Å². The van der Waals surface area contributed by atoms with E-state index < -0.39 is 17.7 Å². The molecule has 3 aromatic rings. The number of amides is 3. The zero-order chi connectivity index (χ0) is 22.2. The van der Waals surface area contributed by atoms with Crippen LogP contribution in [0.1, 0.15) is 23.0 Å². The molecule has 0 unspecified atom stereocenters. The lowest BCUT2D eigenvalue weighted by atomic mass is 10.1. The predicted molar refractivity (Wildman–Crippen MR) is 105 cm³/mol. The van der Waals surface area contributed by atoms with Gasteiger partial charge in [0.25, 0.3) is 17.7 Å². The van der Waals surface area contributed by atoms with Crippen molar-refractivity contribution in [2.75, 3.05) is 17.2 Å². The highest BCUT2D eigenvalue weighted by molar-refractivity contribution is 6.08. The van der Waals surface area contributed by atoms with Crippen LogP contribution < -0.4 is 20.7 Å². The van der Waals surface area contributed by atoms with Gasteiger partial charge < -0.3 is 25.7 Å². The van der Waals surface area contributed by atoms with Crippen LogP contribution in [-0.4, -0.2) is 45.2 Å². The number of fused-ring (bicyclic) bond motifs is 2. The van der Waals surface area contributed by atoms with E-state index in [-0.39, 0.29) is 41.5 Å². The number of anilines is 2. The number of nitrogens with one attached hydrogen (secondary N) is 4. The van der Waals surface area contributed by atoms with Gasteiger partial charge >= 0.3 is 5.92 Å². The summed E-state index contributed by atoms with van der Waals surface area (Å²) in [7, 11) is 0. The van der Waals surface area contributed by atoms with Gasteiger partial charge in [0.05, 0.1) is 16.9 Å². The molecule has 0 fully saturated rings. The molecular weight excluding hydrogens is 414 g/mol. The Morgan fingerprint density at radius 1 is 1.29 bits per heavy atom. The summed E-state index contributed by atoms with van der Waals surface area (Å²) in [4.78, 5) is 46.3. The van der Waals surface area contributed by atoms with Crippen LogP contribution in [0.3, 0.4) is 0 Å². The number of aromatic amines is 1. The van der Waals surface area contributed by atoms with Crippen molar-refractivity contribution >= 4 is 40.1 Å². The average Bonchev–Trinajstić information content (AvgIpc) is 3.14. The quantitative estimate of drug-likeness (QED) is 0.487. The minimum Gasteiger partial charge on any atom is -0.482 e. The number of H-pyrrole nitrogens is 1.